The zero-order valence-electron chi connectivity index (χ0n) is 16.9. The number of carbonyl (C=O) groups is 2. The quantitative estimate of drug-likeness (QED) is 0.351. The number of carbonyl (C=O) groups excluding carboxylic acids is 1. The minimum absolute atomic E-state index is 0.105. The zero-order valence-corrected chi connectivity index (χ0v) is 18.5. The molecule has 0 fully saturated rings. The third-order valence-electron chi connectivity index (χ3n) is 4.87. The summed E-state index contributed by atoms with van der Waals surface area (Å²) in [5.41, 5.74) is 8.80. The molecule has 4 aromatic rings. The zero-order chi connectivity index (χ0) is 22.8. The first-order valence-corrected chi connectivity index (χ1v) is 10.8. The van der Waals surface area contributed by atoms with Gasteiger partial charge in [-0.1, -0.05) is 17.7 Å². The van der Waals surface area contributed by atoms with E-state index in [-0.39, 0.29) is 23.9 Å². The number of nitrogen functional groups attached to an aromatic ring is 1. The van der Waals surface area contributed by atoms with Crippen LogP contribution in [-0.2, 0) is 6.61 Å². The number of nitrogens with one attached hydrogen (secondary N) is 1. The van der Waals surface area contributed by atoms with Crippen LogP contribution < -0.4 is 15.8 Å². The first-order valence-electron chi connectivity index (χ1n) is 9.51. The topological polar surface area (TPSA) is 115 Å². The highest BCUT2D eigenvalue weighted by atomic mass is 35.5. The highest BCUT2D eigenvalue weighted by Gasteiger charge is 2.17. The van der Waals surface area contributed by atoms with Gasteiger partial charge in [0.25, 0.3) is 5.91 Å². The largest absolute Gasteiger partial charge is 0.489 e. The number of aryl methyl sites for hydroxylation is 1. The maximum Gasteiger partial charge on any atom is 0.338 e. The molecule has 9 heteroatoms. The van der Waals surface area contributed by atoms with Gasteiger partial charge in [0.15, 0.2) is 0 Å². The van der Waals surface area contributed by atoms with Gasteiger partial charge < -0.3 is 20.9 Å². The molecule has 0 radical (unpaired) electrons. The van der Waals surface area contributed by atoms with Gasteiger partial charge in [0, 0.05) is 39.5 Å². The fraction of sp³-hybridized carbons (Fsp3) is 0.0870. The van der Waals surface area contributed by atoms with Crippen molar-refractivity contribution < 1.29 is 19.4 Å². The molecule has 0 unspecified atom stereocenters. The van der Waals surface area contributed by atoms with Crippen molar-refractivity contribution in [1.29, 1.82) is 0 Å². The van der Waals surface area contributed by atoms with Crippen LogP contribution >= 0.6 is 22.9 Å². The summed E-state index contributed by atoms with van der Waals surface area (Å²) in [6, 6.07) is 12.0. The summed E-state index contributed by atoms with van der Waals surface area (Å²) in [5.74, 6) is -0.484. The molecule has 7 nitrogen and oxygen atoms in total. The number of carboxylic acids is 1. The van der Waals surface area contributed by atoms with Crippen molar-refractivity contribution >= 4 is 56.4 Å². The summed E-state index contributed by atoms with van der Waals surface area (Å²) >= 11 is 7.16. The average molecular weight is 468 g/mol. The molecule has 162 valence electrons. The van der Waals surface area contributed by atoms with E-state index in [0.29, 0.717) is 32.1 Å². The van der Waals surface area contributed by atoms with E-state index in [2.05, 4.69) is 10.3 Å². The van der Waals surface area contributed by atoms with Crippen molar-refractivity contribution in [3.05, 3.63) is 81.3 Å². The summed E-state index contributed by atoms with van der Waals surface area (Å²) < 4.78 is 6.56. The van der Waals surface area contributed by atoms with Gasteiger partial charge in [0.05, 0.1) is 10.3 Å². The number of thiophene rings is 1. The molecule has 2 heterocycles. The molecule has 32 heavy (non-hydrogen) atoms. The van der Waals surface area contributed by atoms with E-state index < -0.39 is 5.97 Å². The Morgan fingerprint density at radius 2 is 1.97 bits per heavy atom. The van der Waals surface area contributed by atoms with E-state index in [4.69, 9.17) is 22.1 Å². The maximum atomic E-state index is 12.5. The fourth-order valence-corrected chi connectivity index (χ4v) is 4.37. The molecule has 0 spiro atoms. The number of aromatic nitrogens is 1. The van der Waals surface area contributed by atoms with Crippen molar-refractivity contribution in [2.24, 2.45) is 0 Å². The molecule has 4 rings (SSSR count). The van der Waals surface area contributed by atoms with Gasteiger partial charge in [-0.05, 0) is 48.2 Å². The monoisotopic (exact) mass is 467 g/mol. The fourth-order valence-electron chi connectivity index (χ4n) is 3.18. The van der Waals surface area contributed by atoms with Gasteiger partial charge in [-0.2, -0.15) is 0 Å². The summed E-state index contributed by atoms with van der Waals surface area (Å²) in [7, 11) is 0. The number of hydrogen-bond donors (Lipinski definition) is 3. The van der Waals surface area contributed by atoms with Gasteiger partial charge in [-0.25, -0.2) is 9.78 Å². The van der Waals surface area contributed by atoms with Crippen molar-refractivity contribution in [1.82, 2.24) is 4.98 Å². The van der Waals surface area contributed by atoms with E-state index in [9.17, 15) is 14.7 Å². The van der Waals surface area contributed by atoms with Crippen LogP contribution in [0.4, 0.5) is 11.5 Å². The summed E-state index contributed by atoms with van der Waals surface area (Å²) in [6.07, 6.45) is 1.26. The van der Waals surface area contributed by atoms with Crippen LogP contribution in [0.1, 0.15) is 31.8 Å². The van der Waals surface area contributed by atoms with Crippen LogP contribution in [0.2, 0.25) is 5.02 Å². The minimum atomic E-state index is -1.06. The van der Waals surface area contributed by atoms with Gasteiger partial charge in [-0.15, -0.1) is 11.3 Å². The van der Waals surface area contributed by atoms with E-state index in [1.807, 2.05) is 18.4 Å². The number of halogens is 1. The summed E-state index contributed by atoms with van der Waals surface area (Å²) in [5, 5.41) is 15.2. The lowest BCUT2D eigenvalue weighted by molar-refractivity contribution is 0.0698. The predicted molar refractivity (Wildman–Crippen MR) is 126 cm³/mol. The molecule has 1 amide bonds. The Morgan fingerprint density at radius 1 is 1.22 bits per heavy atom. The van der Waals surface area contributed by atoms with Crippen LogP contribution in [0.15, 0.2) is 54.0 Å². The number of hydrogen-bond acceptors (Lipinski definition) is 6. The lowest BCUT2D eigenvalue weighted by Crippen LogP contribution is -2.12. The lowest BCUT2D eigenvalue weighted by Gasteiger charge is -2.12. The molecule has 2 aromatic heterocycles. The van der Waals surface area contributed by atoms with Gasteiger partial charge in [-0.3, -0.25) is 4.79 Å². The van der Waals surface area contributed by atoms with Crippen molar-refractivity contribution in [2.45, 2.75) is 13.5 Å². The van der Waals surface area contributed by atoms with Crippen molar-refractivity contribution in [2.75, 3.05) is 11.1 Å². The number of nitrogens with two attached hydrogens (primary N) is 1. The van der Waals surface area contributed by atoms with E-state index in [1.54, 1.807) is 36.4 Å². The number of ether oxygens (including phenoxy) is 1. The second-order valence-corrected chi connectivity index (χ2v) is 8.37. The Kier molecular flexibility index (Phi) is 5.98. The Bertz CT molecular complexity index is 1340. The minimum Gasteiger partial charge on any atom is -0.489 e. The number of anilines is 2. The molecule has 0 bridgehead atoms. The smallest absolute Gasteiger partial charge is 0.338 e. The number of nitrogens with zero attached hydrogens (tertiary/aromatic N) is 1. The molecule has 0 aliphatic rings. The first kappa shape index (κ1) is 21.6. The van der Waals surface area contributed by atoms with Crippen LogP contribution in [0, 0.1) is 6.92 Å². The van der Waals surface area contributed by atoms with Gasteiger partial charge >= 0.3 is 5.97 Å². The summed E-state index contributed by atoms with van der Waals surface area (Å²) in [4.78, 5) is 27.9. The number of carboxylic acid groups (broad SMARTS) is 1. The number of amides is 1. The SMILES string of the molecule is Cc1ccc(NC(=O)c2ccc(Cl)cc2)cc1OCc1csc2c(C(=O)O)cnc(N)c12. The van der Waals surface area contributed by atoms with E-state index in [1.165, 1.54) is 17.5 Å². The Labute approximate surface area is 192 Å². The summed E-state index contributed by atoms with van der Waals surface area (Å²) in [6.45, 7) is 2.06. The van der Waals surface area contributed by atoms with Crippen LogP contribution in [0.5, 0.6) is 5.75 Å². The molecule has 0 atom stereocenters. The number of rotatable bonds is 6. The first-order chi connectivity index (χ1) is 15.3. The predicted octanol–water partition coefficient (Wildman–Crippen LogP) is 5.37. The average Bonchev–Trinajstić information content (AvgIpc) is 3.19. The highest BCUT2D eigenvalue weighted by Crippen LogP contribution is 2.33. The maximum absolute atomic E-state index is 12.5. The number of aromatic carboxylic acids is 1. The Morgan fingerprint density at radius 3 is 2.69 bits per heavy atom. The van der Waals surface area contributed by atoms with E-state index in [0.717, 1.165) is 11.1 Å². The Balaban J connectivity index is 1.54. The number of fused-ring (bicyclic) bond motifs is 1. The molecule has 0 saturated heterocycles. The van der Waals surface area contributed by atoms with Crippen molar-refractivity contribution in [3.8, 4) is 5.75 Å². The number of pyridine rings is 1. The molecular weight excluding hydrogens is 450 g/mol. The van der Waals surface area contributed by atoms with E-state index >= 15 is 0 Å². The normalized spacial score (nSPS) is 10.8. The van der Waals surface area contributed by atoms with Crippen LogP contribution in [-0.4, -0.2) is 22.0 Å². The third kappa shape index (κ3) is 4.37. The molecule has 0 saturated carbocycles. The standard InChI is InChI=1S/C23H18ClN3O4S/c1-12-2-7-16(27-22(28)13-3-5-15(24)6-4-13)8-18(12)31-10-14-11-32-20-17(23(29)30)9-26-21(25)19(14)20/h2-9,11H,10H2,1H3,(H2,25,26)(H,27,28)(H,29,30). The van der Waals surface area contributed by atoms with Crippen molar-refractivity contribution in [3.63, 3.8) is 0 Å². The molecule has 4 N–H and O–H groups in total. The lowest BCUT2D eigenvalue weighted by atomic mass is 10.1. The molecule has 0 aliphatic heterocycles. The molecule has 2 aromatic carbocycles. The second kappa shape index (κ2) is 8.86. The Hall–Kier alpha value is -3.62. The third-order valence-corrected chi connectivity index (χ3v) is 6.18. The molecular formula is C23H18ClN3O4S. The van der Waals surface area contributed by atoms with Gasteiger partial charge in [0.2, 0.25) is 0 Å². The van der Waals surface area contributed by atoms with Gasteiger partial charge in [0.1, 0.15) is 18.2 Å². The number of benzene rings is 2. The van der Waals surface area contributed by atoms with Crippen LogP contribution in [0.25, 0.3) is 10.1 Å². The molecule has 0 aliphatic carbocycles. The highest BCUT2D eigenvalue weighted by molar-refractivity contribution is 7.17. The van der Waals surface area contributed by atoms with Crippen LogP contribution in [0.3, 0.4) is 0 Å². The second-order valence-electron chi connectivity index (χ2n) is 7.06.